The second-order valence-electron chi connectivity index (χ2n) is 5.28. The minimum absolute atomic E-state index is 0.381. The zero-order valence-electron chi connectivity index (χ0n) is 10.6. The Morgan fingerprint density at radius 2 is 2.17 bits per heavy atom. The third-order valence-corrected chi connectivity index (χ3v) is 5.39. The average Bonchev–Trinajstić information content (AvgIpc) is 2.69. The molecule has 0 bridgehead atoms. The molecule has 0 spiro atoms. The van der Waals surface area contributed by atoms with Crippen molar-refractivity contribution < 1.29 is 9.90 Å². The predicted octanol–water partition coefficient (Wildman–Crippen LogP) is 2.64. The van der Waals surface area contributed by atoms with Crippen LogP contribution in [0.5, 0.6) is 0 Å². The maximum Gasteiger partial charge on any atom is 0.312 e. The smallest absolute Gasteiger partial charge is 0.312 e. The van der Waals surface area contributed by atoms with Crippen molar-refractivity contribution in [2.24, 2.45) is 0 Å². The zero-order chi connectivity index (χ0) is 12.7. The van der Waals surface area contributed by atoms with Crippen molar-refractivity contribution in [1.29, 1.82) is 0 Å². The van der Waals surface area contributed by atoms with E-state index in [0.717, 1.165) is 30.1 Å². The fraction of sp³-hybridized carbons (Fsp3) is 0.692. The Morgan fingerprint density at radius 1 is 1.39 bits per heavy atom. The van der Waals surface area contributed by atoms with E-state index in [4.69, 9.17) is 0 Å². The Kier molecular flexibility index (Phi) is 3.01. The molecule has 2 aliphatic carbocycles. The minimum Gasteiger partial charge on any atom is -0.481 e. The largest absolute Gasteiger partial charge is 0.481 e. The van der Waals surface area contributed by atoms with Gasteiger partial charge >= 0.3 is 5.97 Å². The number of carboxylic acid groups (broad SMARTS) is 1. The van der Waals surface area contributed by atoms with E-state index in [1.165, 1.54) is 24.1 Å². The monoisotopic (exact) mass is 266 g/mol. The number of anilines is 1. The highest BCUT2D eigenvalue weighted by molar-refractivity contribution is 7.15. The molecular formula is C13H18N2O2S. The lowest BCUT2D eigenvalue weighted by atomic mass is 9.91. The first-order valence-electron chi connectivity index (χ1n) is 6.62. The molecule has 1 heterocycles. The number of carbonyl (C=O) groups is 1. The first-order chi connectivity index (χ1) is 8.66. The summed E-state index contributed by atoms with van der Waals surface area (Å²) in [5.41, 5.74) is 0.833. The molecule has 2 aliphatic rings. The number of thiazole rings is 1. The van der Waals surface area contributed by atoms with Crippen LogP contribution in [0.25, 0.3) is 0 Å². The van der Waals surface area contributed by atoms with Crippen molar-refractivity contribution in [3.05, 3.63) is 10.6 Å². The van der Waals surface area contributed by atoms with Crippen LogP contribution in [0.3, 0.4) is 0 Å². The maximum absolute atomic E-state index is 11.2. The average molecular weight is 266 g/mol. The lowest BCUT2D eigenvalue weighted by molar-refractivity contribution is -0.139. The van der Waals surface area contributed by atoms with Gasteiger partial charge in [-0.3, -0.25) is 4.79 Å². The van der Waals surface area contributed by atoms with Crippen molar-refractivity contribution >= 4 is 22.4 Å². The van der Waals surface area contributed by atoms with Crippen LogP contribution in [0, 0.1) is 0 Å². The zero-order valence-corrected chi connectivity index (χ0v) is 11.4. The van der Waals surface area contributed by atoms with Crippen molar-refractivity contribution in [2.75, 3.05) is 11.9 Å². The second kappa shape index (κ2) is 4.53. The minimum atomic E-state index is -0.723. The van der Waals surface area contributed by atoms with Gasteiger partial charge in [0.05, 0.1) is 5.69 Å². The SMILES string of the molecule is CN(c1nc2c(s1)CCCC2C(=O)O)C1CCC1. The molecule has 1 fully saturated rings. The summed E-state index contributed by atoms with van der Waals surface area (Å²) in [7, 11) is 2.09. The van der Waals surface area contributed by atoms with Gasteiger partial charge in [0.25, 0.3) is 0 Å². The highest BCUT2D eigenvalue weighted by Gasteiger charge is 2.32. The topological polar surface area (TPSA) is 53.4 Å². The van der Waals surface area contributed by atoms with Crippen LogP contribution in [0.2, 0.25) is 0 Å². The molecule has 5 heteroatoms. The van der Waals surface area contributed by atoms with E-state index >= 15 is 0 Å². The Labute approximate surface area is 111 Å². The van der Waals surface area contributed by atoms with Gasteiger partial charge in [-0.15, -0.1) is 11.3 Å². The van der Waals surface area contributed by atoms with E-state index in [1.807, 2.05) is 0 Å². The molecule has 1 atom stereocenters. The van der Waals surface area contributed by atoms with Gasteiger partial charge in [0, 0.05) is 18.0 Å². The van der Waals surface area contributed by atoms with E-state index in [-0.39, 0.29) is 5.92 Å². The number of hydrogen-bond donors (Lipinski definition) is 1. The molecule has 0 radical (unpaired) electrons. The summed E-state index contributed by atoms with van der Waals surface area (Å²) in [6.45, 7) is 0. The van der Waals surface area contributed by atoms with Crippen LogP contribution in [-0.4, -0.2) is 29.1 Å². The van der Waals surface area contributed by atoms with Gasteiger partial charge < -0.3 is 10.0 Å². The fourth-order valence-corrected chi connectivity index (χ4v) is 3.92. The molecule has 1 aromatic rings. The normalized spacial score (nSPS) is 23.3. The number of carboxylic acids is 1. The van der Waals surface area contributed by atoms with E-state index in [1.54, 1.807) is 11.3 Å². The van der Waals surface area contributed by atoms with Crippen molar-refractivity contribution in [1.82, 2.24) is 4.98 Å². The van der Waals surface area contributed by atoms with Crippen molar-refractivity contribution in [2.45, 2.75) is 50.5 Å². The molecule has 1 saturated carbocycles. The Bertz CT molecular complexity index is 468. The van der Waals surface area contributed by atoms with Gasteiger partial charge in [-0.05, 0) is 38.5 Å². The number of aromatic nitrogens is 1. The van der Waals surface area contributed by atoms with E-state index < -0.39 is 5.97 Å². The second-order valence-corrected chi connectivity index (χ2v) is 6.35. The molecule has 0 amide bonds. The van der Waals surface area contributed by atoms with Crippen LogP contribution in [0.4, 0.5) is 5.13 Å². The van der Waals surface area contributed by atoms with Crippen LogP contribution in [0.1, 0.15) is 48.6 Å². The lowest BCUT2D eigenvalue weighted by Crippen LogP contribution is -2.37. The molecule has 0 aromatic carbocycles. The van der Waals surface area contributed by atoms with Gasteiger partial charge in [-0.25, -0.2) is 4.98 Å². The summed E-state index contributed by atoms with van der Waals surface area (Å²) >= 11 is 1.69. The van der Waals surface area contributed by atoms with Crippen LogP contribution in [0.15, 0.2) is 0 Å². The Morgan fingerprint density at radius 3 is 2.78 bits per heavy atom. The first kappa shape index (κ1) is 12.0. The highest BCUT2D eigenvalue weighted by atomic mass is 32.1. The molecule has 1 aromatic heterocycles. The third kappa shape index (κ3) is 1.90. The van der Waals surface area contributed by atoms with E-state index in [0.29, 0.717) is 6.04 Å². The molecule has 18 heavy (non-hydrogen) atoms. The molecule has 4 nitrogen and oxygen atoms in total. The number of hydrogen-bond acceptors (Lipinski definition) is 4. The van der Waals surface area contributed by atoms with Crippen LogP contribution < -0.4 is 4.90 Å². The number of fused-ring (bicyclic) bond motifs is 1. The van der Waals surface area contributed by atoms with Crippen molar-refractivity contribution in [3.8, 4) is 0 Å². The fourth-order valence-electron chi connectivity index (χ4n) is 2.73. The van der Waals surface area contributed by atoms with Gasteiger partial charge in [-0.1, -0.05) is 0 Å². The molecular weight excluding hydrogens is 248 g/mol. The summed E-state index contributed by atoms with van der Waals surface area (Å²) in [5.74, 6) is -1.10. The number of aryl methyl sites for hydroxylation is 1. The van der Waals surface area contributed by atoms with E-state index in [2.05, 4.69) is 16.9 Å². The molecule has 1 N–H and O–H groups in total. The van der Waals surface area contributed by atoms with Gasteiger partial charge in [0.1, 0.15) is 5.92 Å². The summed E-state index contributed by atoms with van der Waals surface area (Å²) in [6.07, 6.45) is 6.48. The highest BCUT2D eigenvalue weighted by Crippen LogP contribution is 2.39. The number of nitrogens with zero attached hydrogens (tertiary/aromatic N) is 2. The summed E-state index contributed by atoms with van der Waals surface area (Å²) in [6, 6.07) is 0.612. The maximum atomic E-state index is 11.2. The molecule has 3 rings (SSSR count). The predicted molar refractivity (Wildman–Crippen MR) is 71.5 cm³/mol. The van der Waals surface area contributed by atoms with Crippen molar-refractivity contribution in [3.63, 3.8) is 0 Å². The Hall–Kier alpha value is -1.10. The molecule has 98 valence electrons. The van der Waals surface area contributed by atoms with Gasteiger partial charge in [0.2, 0.25) is 0 Å². The van der Waals surface area contributed by atoms with Crippen LogP contribution >= 0.6 is 11.3 Å². The number of aliphatic carboxylic acids is 1. The first-order valence-corrected chi connectivity index (χ1v) is 7.43. The molecule has 0 aliphatic heterocycles. The third-order valence-electron chi connectivity index (χ3n) is 4.17. The summed E-state index contributed by atoms with van der Waals surface area (Å²) < 4.78 is 0. The molecule has 1 unspecified atom stereocenters. The summed E-state index contributed by atoms with van der Waals surface area (Å²) in [5, 5.41) is 10.3. The van der Waals surface area contributed by atoms with E-state index in [9.17, 15) is 9.90 Å². The lowest BCUT2D eigenvalue weighted by Gasteiger charge is -2.34. The summed E-state index contributed by atoms with van der Waals surface area (Å²) in [4.78, 5) is 19.3. The van der Waals surface area contributed by atoms with Gasteiger partial charge in [-0.2, -0.15) is 0 Å². The molecule has 0 saturated heterocycles. The Balaban J connectivity index is 1.88. The van der Waals surface area contributed by atoms with Crippen LogP contribution in [-0.2, 0) is 11.2 Å². The standard InChI is InChI=1S/C13H18N2O2S/c1-15(8-4-2-5-8)13-14-11-9(12(16)17)6-3-7-10(11)18-13/h8-9H,2-7H2,1H3,(H,16,17). The quantitative estimate of drug-likeness (QED) is 0.913. The number of rotatable bonds is 3. The van der Waals surface area contributed by atoms with Gasteiger partial charge in [0.15, 0.2) is 5.13 Å².